The number of nitrogens with zero attached hydrogens (tertiary/aromatic N) is 2. The fraction of sp³-hybridized carbons (Fsp3) is 0.333. The van der Waals surface area contributed by atoms with Gasteiger partial charge in [0.1, 0.15) is 11.9 Å². The number of hydrogen-bond acceptors (Lipinski definition) is 4. The lowest BCUT2D eigenvalue weighted by atomic mass is 10.1. The number of rotatable bonds is 3. The van der Waals surface area contributed by atoms with Crippen molar-refractivity contribution < 1.29 is 9.66 Å². The summed E-state index contributed by atoms with van der Waals surface area (Å²) in [5.41, 5.74) is 0.122. The van der Waals surface area contributed by atoms with E-state index in [2.05, 4.69) is 11.9 Å². The number of fused-ring (bicyclic) bond motifs is 1. The van der Waals surface area contributed by atoms with Crippen molar-refractivity contribution in [3.63, 3.8) is 0 Å². The third-order valence-electron chi connectivity index (χ3n) is 3.70. The summed E-state index contributed by atoms with van der Waals surface area (Å²) in [6.45, 7) is 1.92. The van der Waals surface area contributed by atoms with Crippen molar-refractivity contribution in [2.75, 3.05) is 20.1 Å². The van der Waals surface area contributed by atoms with E-state index in [1.165, 1.54) is 6.07 Å². The smallest absolute Gasteiger partial charge is 0.277 e. The molecule has 1 aliphatic rings. The third kappa shape index (κ3) is 2.32. The summed E-state index contributed by atoms with van der Waals surface area (Å²) in [6, 6.07) is 10.6. The molecule has 1 saturated heterocycles. The highest BCUT2D eigenvalue weighted by Gasteiger charge is 2.22. The van der Waals surface area contributed by atoms with Crippen LogP contribution in [0.15, 0.2) is 36.4 Å². The molecule has 0 N–H and O–H groups in total. The van der Waals surface area contributed by atoms with Crippen molar-refractivity contribution in [3.8, 4) is 5.75 Å². The van der Waals surface area contributed by atoms with Crippen LogP contribution in [0.4, 0.5) is 5.69 Å². The molecule has 0 spiro atoms. The predicted molar refractivity (Wildman–Crippen MR) is 77.1 cm³/mol. The molecular weight excluding hydrogens is 256 g/mol. The standard InChI is InChI=1S/C15H16N2O3/c1-16-9-8-11(10-16)20-15-7-6-14(17(18)19)12-4-2-3-5-13(12)15/h2-7,11H,8-10H2,1H3. The van der Waals surface area contributed by atoms with Gasteiger partial charge in [-0.1, -0.05) is 18.2 Å². The first-order chi connectivity index (χ1) is 9.65. The summed E-state index contributed by atoms with van der Waals surface area (Å²) in [4.78, 5) is 12.9. The number of nitro benzene ring substituents is 1. The monoisotopic (exact) mass is 272 g/mol. The maximum Gasteiger partial charge on any atom is 0.277 e. The molecule has 0 amide bonds. The minimum absolute atomic E-state index is 0.122. The molecule has 20 heavy (non-hydrogen) atoms. The van der Waals surface area contributed by atoms with Crippen LogP contribution in [0.1, 0.15) is 6.42 Å². The third-order valence-corrected chi connectivity index (χ3v) is 3.70. The van der Waals surface area contributed by atoms with E-state index in [4.69, 9.17) is 4.74 Å². The van der Waals surface area contributed by atoms with Crippen LogP contribution < -0.4 is 4.74 Å². The SMILES string of the molecule is CN1CCC(Oc2ccc([N+](=O)[O-])c3ccccc23)C1. The zero-order valence-corrected chi connectivity index (χ0v) is 11.3. The Bertz CT molecular complexity index is 657. The molecule has 0 saturated carbocycles. The summed E-state index contributed by atoms with van der Waals surface area (Å²) in [5.74, 6) is 0.728. The first-order valence-corrected chi connectivity index (χ1v) is 6.66. The Labute approximate surface area is 116 Å². The maximum atomic E-state index is 11.1. The van der Waals surface area contributed by atoms with Gasteiger partial charge in [0.2, 0.25) is 0 Å². The molecule has 0 aliphatic carbocycles. The highest BCUT2D eigenvalue weighted by Crippen LogP contribution is 2.33. The molecule has 2 aromatic carbocycles. The molecule has 1 aliphatic heterocycles. The van der Waals surface area contributed by atoms with Crippen LogP contribution >= 0.6 is 0 Å². The van der Waals surface area contributed by atoms with E-state index in [9.17, 15) is 10.1 Å². The van der Waals surface area contributed by atoms with Crippen LogP contribution in [0.3, 0.4) is 0 Å². The molecule has 2 aromatic rings. The molecule has 1 heterocycles. The van der Waals surface area contributed by atoms with Crippen molar-refractivity contribution in [2.45, 2.75) is 12.5 Å². The highest BCUT2D eigenvalue weighted by molar-refractivity contribution is 5.95. The number of non-ortho nitro benzene ring substituents is 1. The molecule has 1 fully saturated rings. The van der Waals surface area contributed by atoms with E-state index < -0.39 is 0 Å². The largest absolute Gasteiger partial charge is 0.488 e. The summed E-state index contributed by atoms with van der Waals surface area (Å²) in [7, 11) is 2.07. The molecular formula is C15H16N2O3. The maximum absolute atomic E-state index is 11.1. The number of hydrogen-bond donors (Lipinski definition) is 0. The van der Waals surface area contributed by atoms with E-state index in [0.29, 0.717) is 5.39 Å². The van der Waals surface area contributed by atoms with Gasteiger partial charge < -0.3 is 9.64 Å². The van der Waals surface area contributed by atoms with Gasteiger partial charge >= 0.3 is 0 Å². The molecule has 1 atom stereocenters. The number of benzene rings is 2. The van der Waals surface area contributed by atoms with Crippen LogP contribution in [0.25, 0.3) is 10.8 Å². The number of likely N-dealkylation sites (tertiary alicyclic amines) is 1. The molecule has 104 valence electrons. The average Bonchev–Trinajstić information content (AvgIpc) is 2.84. The van der Waals surface area contributed by atoms with Gasteiger partial charge in [-0.15, -0.1) is 0 Å². The Hall–Kier alpha value is -2.14. The lowest BCUT2D eigenvalue weighted by Crippen LogP contribution is -2.21. The summed E-state index contributed by atoms with van der Waals surface area (Å²) >= 11 is 0. The average molecular weight is 272 g/mol. The summed E-state index contributed by atoms with van der Waals surface area (Å²) < 4.78 is 6.03. The minimum atomic E-state index is -0.352. The number of ether oxygens (including phenoxy) is 1. The lowest BCUT2D eigenvalue weighted by molar-refractivity contribution is -0.383. The van der Waals surface area contributed by atoms with Crippen molar-refractivity contribution in [1.82, 2.24) is 4.90 Å². The first kappa shape index (κ1) is 12.9. The second kappa shape index (κ2) is 5.09. The van der Waals surface area contributed by atoms with Crippen molar-refractivity contribution in [2.24, 2.45) is 0 Å². The van der Waals surface area contributed by atoms with Crippen LogP contribution in [-0.4, -0.2) is 36.1 Å². The molecule has 0 aromatic heterocycles. The molecule has 5 heteroatoms. The second-order valence-electron chi connectivity index (χ2n) is 5.18. The zero-order valence-electron chi connectivity index (χ0n) is 11.3. The Morgan fingerprint density at radius 1 is 1.25 bits per heavy atom. The molecule has 0 radical (unpaired) electrons. The predicted octanol–water partition coefficient (Wildman–Crippen LogP) is 2.83. The van der Waals surface area contributed by atoms with Crippen LogP contribution in [-0.2, 0) is 0 Å². The van der Waals surface area contributed by atoms with E-state index in [1.54, 1.807) is 12.1 Å². The molecule has 0 bridgehead atoms. The Kier molecular flexibility index (Phi) is 3.28. The van der Waals surface area contributed by atoms with Gasteiger partial charge in [-0.3, -0.25) is 10.1 Å². The van der Waals surface area contributed by atoms with Gasteiger partial charge in [0, 0.05) is 24.5 Å². The fourth-order valence-electron chi connectivity index (χ4n) is 2.69. The Balaban J connectivity index is 2.00. The summed E-state index contributed by atoms with van der Waals surface area (Å²) in [5, 5.41) is 12.5. The van der Waals surface area contributed by atoms with Crippen LogP contribution in [0, 0.1) is 10.1 Å². The lowest BCUT2D eigenvalue weighted by Gasteiger charge is -2.15. The molecule has 5 nitrogen and oxygen atoms in total. The van der Waals surface area contributed by atoms with Gasteiger partial charge in [-0.2, -0.15) is 0 Å². The van der Waals surface area contributed by atoms with Gasteiger partial charge in [0.15, 0.2) is 0 Å². The van der Waals surface area contributed by atoms with E-state index >= 15 is 0 Å². The normalized spacial score (nSPS) is 19.4. The van der Waals surface area contributed by atoms with Gasteiger partial charge in [0.25, 0.3) is 5.69 Å². The van der Waals surface area contributed by atoms with Gasteiger partial charge in [-0.25, -0.2) is 0 Å². The second-order valence-corrected chi connectivity index (χ2v) is 5.18. The Morgan fingerprint density at radius 3 is 2.65 bits per heavy atom. The van der Waals surface area contributed by atoms with Crippen molar-refractivity contribution in [1.29, 1.82) is 0 Å². The van der Waals surface area contributed by atoms with Crippen molar-refractivity contribution in [3.05, 3.63) is 46.5 Å². The number of nitro groups is 1. The molecule has 1 unspecified atom stereocenters. The number of likely N-dealkylation sites (N-methyl/N-ethyl adjacent to an activating group) is 1. The van der Waals surface area contributed by atoms with Gasteiger partial charge in [-0.05, 0) is 25.6 Å². The Morgan fingerprint density at radius 2 is 2.00 bits per heavy atom. The fourth-order valence-corrected chi connectivity index (χ4v) is 2.69. The van der Waals surface area contributed by atoms with E-state index in [-0.39, 0.29) is 16.7 Å². The quantitative estimate of drug-likeness (QED) is 0.637. The van der Waals surface area contributed by atoms with Crippen LogP contribution in [0.5, 0.6) is 5.75 Å². The molecule has 3 rings (SSSR count). The first-order valence-electron chi connectivity index (χ1n) is 6.66. The van der Waals surface area contributed by atoms with Crippen LogP contribution in [0.2, 0.25) is 0 Å². The zero-order chi connectivity index (χ0) is 14.1. The van der Waals surface area contributed by atoms with Gasteiger partial charge in [0.05, 0.1) is 10.3 Å². The summed E-state index contributed by atoms with van der Waals surface area (Å²) in [6.07, 6.45) is 1.15. The topological polar surface area (TPSA) is 55.6 Å². The van der Waals surface area contributed by atoms with E-state index in [1.807, 2.05) is 18.2 Å². The van der Waals surface area contributed by atoms with E-state index in [0.717, 1.165) is 30.6 Å². The minimum Gasteiger partial charge on any atom is -0.488 e. The highest BCUT2D eigenvalue weighted by atomic mass is 16.6. The van der Waals surface area contributed by atoms with Crippen molar-refractivity contribution >= 4 is 16.5 Å².